The molecule has 0 saturated carbocycles. The Bertz CT molecular complexity index is 1050. The quantitative estimate of drug-likeness (QED) is 0.128. The van der Waals surface area contributed by atoms with Gasteiger partial charge in [-0.2, -0.15) is 0 Å². The molecule has 0 amide bonds. The van der Waals surface area contributed by atoms with E-state index in [9.17, 15) is 5.53 Å². The molecule has 0 spiro atoms. The second-order valence-electron chi connectivity index (χ2n) is 10.1. The topological polar surface area (TPSA) is 25.3 Å². The number of allylic oxidation sites excluding steroid dienone is 2. The van der Waals surface area contributed by atoms with E-state index in [0.29, 0.717) is 0 Å². The Morgan fingerprint density at radius 1 is 0.622 bits per heavy atom. The van der Waals surface area contributed by atoms with Gasteiger partial charge in [-0.1, -0.05) is 84.1 Å². The molecule has 0 aliphatic carbocycles. The molecule has 3 rings (SSSR count). The monoisotopic (exact) mass is 544 g/mol. The van der Waals surface area contributed by atoms with E-state index in [1.165, 1.54) is 78.3 Å². The van der Waals surface area contributed by atoms with Crippen LogP contribution in [0.25, 0.3) is 16.9 Å². The molecule has 1 aliphatic rings. The van der Waals surface area contributed by atoms with Crippen LogP contribution in [0.5, 0.6) is 0 Å². The molecule has 3 heteroatoms. The van der Waals surface area contributed by atoms with Gasteiger partial charge in [-0.3, -0.25) is 0 Å². The molecule has 0 saturated heterocycles. The van der Waals surface area contributed by atoms with Crippen LogP contribution in [0.4, 0.5) is 0 Å². The van der Waals surface area contributed by atoms with Gasteiger partial charge < -0.3 is 5.53 Å². The van der Waals surface area contributed by atoms with Crippen molar-refractivity contribution in [3.63, 3.8) is 0 Å². The summed E-state index contributed by atoms with van der Waals surface area (Å²) in [5, 5.41) is 0. The standard InChI is InChI=1S/C32H44N2.2CH3.Ni/c1-5-9-12-13-22-30-29(8-4)31(27-20-14-18-25(23-27)16-10-6-2)34(33)32(30)28-21-15-19-26(24-28)17-11-7-3;;;/h14-15,18-21,23-24H,5-13,16-17,22H2,1-4H3;2*1H3;. The number of aryl methyl sites for hydroxylation is 2. The van der Waals surface area contributed by atoms with Crippen LogP contribution in [0.1, 0.15) is 114 Å². The minimum absolute atomic E-state index is 0.924. The number of nitrogens with zero attached hydrogens (tertiary/aromatic N) is 2. The summed E-state index contributed by atoms with van der Waals surface area (Å²) in [4.78, 5) is 0. The third-order valence-corrected chi connectivity index (χ3v) is 7.03. The summed E-state index contributed by atoms with van der Waals surface area (Å²) in [5.74, 6) is 4.12. The van der Waals surface area contributed by atoms with Crippen molar-refractivity contribution in [2.24, 2.45) is 0 Å². The Morgan fingerprint density at radius 2 is 1.11 bits per heavy atom. The van der Waals surface area contributed by atoms with Gasteiger partial charge in [0.1, 0.15) is 0 Å². The number of hydrogen-bond acceptors (Lipinski definition) is 0. The van der Waals surface area contributed by atoms with Gasteiger partial charge in [0, 0.05) is 22.3 Å². The van der Waals surface area contributed by atoms with Crippen molar-refractivity contribution in [3.8, 4) is 0 Å². The molecule has 0 aromatic heterocycles. The van der Waals surface area contributed by atoms with E-state index < -0.39 is 0 Å². The van der Waals surface area contributed by atoms with Crippen LogP contribution < -0.4 is 0 Å². The molecule has 0 atom stereocenters. The molecule has 2 aromatic carbocycles. The first-order valence-electron chi connectivity index (χ1n) is 14.4. The summed E-state index contributed by atoms with van der Waals surface area (Å²) in [6.45, 7) is 8.98. The van der Waals surface area contributed by atoms with Crippen LogP contribution in [-0.2, 0) is 27.3 Å². The second-order valence-corrected chi connectivity index (χ2v) is 11.0. The fraction of sp³-hybridized carbons (Fsp3) is 0.529. The van der Waals surface area contributed by atoms with E-state index in [-0.39, 0.29) is 0 Å². The molecule has 0 fully saturated rings. The van der Waals surface area contributed by atoms with Crippen molar-refractivity contribution in [1.29, 1.82) is 0 Å². The van der Waals surface area contributed by atoms with Crippen LogP contribution in [0.15, 0.2) is 59.7 Å². The SMILES string of the molecule is CCCCCCC1=C(c2cccc(CCCC)c2)[N+](=[N-])C(c2cccc(CCCC)c2)=C1CC.[CH3][Ni][CH3]. The Balaban J connectivity index is 0.00000153. The second kappa shape index (κ2) is 17.5. The third kappa shape index (κ3) is 9.06. The van der Waals surface area contributed by atoms with Crippen molar-refractivity contribution >= 4 is 11.4 Å². The first-order valence-corrected chi connectivity index (χ1v) is 16.4. The van der Waals surface area contributed by atoms with E-state index >= 15 is 0 Å². The van der Waals surface area contributed by atoms with Crippen LogP contribution in [0.2, 0.25) is 11.8 Å². The number of benzene rings is 2. The third-order valence-electron chi connectivity index (χ3n) is 7.03. The number of hydrogen-bond donors (Lipinski definition) is 0. The van der Waals surface area contributed by atoms with E-state index in [0.717, 1.165) is 48.2 Å². The van der Waals surface area contributed by atoms with Gasteiger partial charge in [0.15, 0.2) is 0 Å². The summed E-state index contributed by atoms with van der Waals surface area (Å²) in [6, 6.07) is 17.7. The number of unbranched alkanes of at least 4 members (excludes halogenated alkanes) is 5. The molecule has 1 heterocycles. The first-order chi connectivity index (χ1) is 18.1. The Morgan fingerprint density at radius 3 is 1.57 bits per heavy atom. The molecule has 0 N–H and O–H groups in total. The average molecular weight is 545 g/mol. The molecule has 37 heavy (non-hydrogen) atoms. The van der Waals surface area contributed by atoms with E-state index in [1.807, 2.05) is 0 Å². The molecule has 2 aromatic rings. The zero-order chi connectivity index (χ0) is 27.0. The van der Waals surface area contributed by atoms with Crippen LogP contribution in [-0.4, -0.2) is 4.70 Å². The molecule has 1 aliphatic heterocycles. The Kier molecular flexibility index (Phi) is 14.8. The molecule has 0 unspecified atom stereocenters. The van der Waals surface area contributed by atoms with Crippen LogP contribution in [0.3, 0.4) is 0 Å². The molecule has 206 valence electrons. The summed E-state index contributed by atoms with van der Waals surface area (Å²) in [5.41, 5.74) is 21.3. The van der Waals surface area contributed by atoms with Gasteiger partial charge in [-0.05, 0) is 80.3 Å². The maximum atomic E-state index is 11.7. The van der Waals surface area contributed by atoms with Crippen molar-refractivity contribution in [1.82, 2.24) is 0 Å². The molecular formula is C34H50N2Ni. The summed E-state index contributed by atoms with van der Waals surface area (Å²) in [7, 11) is 0. The normalized spacial score (nSPS) is 13.4. The first kappa shape index (κ1) is 31.2. The fourth-order valence-corrected chi connectivity index (χ4v) is 5.14. The van der Waals surface area contributed by atoms with Crippen molar-refractivity contribution < 1.29 is 19.1 Å². The zero-order valence-corrected chi connectivity index (χ0v) is 25.3. The molecular weight excluding hydrogens is 495 g/mol. The van der Waals surface area contributed by atoms with E-state index in [1.54, 1.807) is 14.4 Å². The Hall–Kier alpha value is -1.99. The summed E-state index contributed by atoms with van der Waals surface area (Å²) >= 11 is 1.62. The van der Waals surface area contributed by atoms with Gasteiger partial charge in [0.25, 0.3) is 0 Å². The number of rotatable bonds is 14. The van der Waals surface area contributed by atoms with Crippen molar-refractivity contribution in [2.45, 2.75) is 117 Å². The van der Waals surface area contributed by atoms with Crippen LogP contribution >= 0.6 is 0 Å². The predicted molar refractivity (Wildman–Crippen MR) is 158 cm³/mol. The van der Waals surface area contributed by atoms with Crippen LogP contribution in [0, 0.1) is 0 Å². The summed E-state index contributed by atoms with van der Waals surface area (Å²) in [6.07, 6.45) is 13.8. The maximum absolute atomic E-state index is 11.7. The van der Waals surface area contributed by atoms with Crippen molar-refractivity contribution in [3.05, 3.63) is 87.5 Å². The molecule has 2 nitrogen and oxygen atoms in total. The van der Waals surface area contributed by atoms with Gasteiger partial charge in [0.05, 0.1) is 0 Å². The zero-order valence-electron chi connectivity index (χ0n) is 24.3. The molecule has 0 radical (unpaired) electrons. The average Bonchev–Trinajstić information content (AvgIpc) is 3.20. The van der Waals surface area contributed by atoms with E-state index in [4.69, 9.17) is 0 Å². The van der Waals surface area contributed by atoms with Gasteiger partial charge in [-0.15, -0.1) is 0 Å². The van der Waals surface area contributed by atoms with Gasteiger partial charge >= 0.3 is 26.2 Å². The minimum atomic E-state index is 0.924. The van der Waals surface area contributed by atoms with Gasteiger partial charge in [0.2, 0.25) is 11.4 Å². The Labute approximate surface area is 234 Å². The fourth-order valence-electron chi connectivity index (χ4n) is 5.14. The van der Waals surface area contributed by atoms with Crippen molar-refractivity contribution in [2.75, 3.05) is 0 Å². The van der Waals surface area contributed by atoms with Gasteiger partial charge in [-0.25, -0.2) is 4.70 Å². The molecule has 0 bridgehead atoms. The summed E-state index contributed by atoms with van der Waals surface area (Å²) < 4.78 is 1.52. The predicted octanol–water partition coefficient (Wildman–Crippen LogP) is 11.1. The van der Waals surface area contributed by atoms with E-state index in [2.05, 4.69) is 88.0 Å².